The second-order valence-corrected chi connectivity index (χ2v) is 6.18. The van der Waals surface area contributed by atoms with Gasteiger partial charge in [0.1, 0.15) is 0 Å². The minimum Gasteiger partial charge on any atom is -0.462 e. The zero-order valence-electron chi connectivity index (χ0n) is 9.93. The largest absolute Gasteiger partial charge is 0.462 e. The zero-order chi connectivity index (χ0) is 13.1. The number of aromatic nitrogens is 1. The fourth-order valence-electron chi connectivity index (χ4n) is 1.66. The van der Waals surface area contributed by atoms with E-state index in [-0.39, 0.29) is 0 Å². The molecule has 0 amide bonds. The van der Waals surface area contributed by atoms with Crippen LogP contribution in [0.5, 0.6) is 0 Å². The molecule has 3 heterocycles. The summed E-state index contributed by atoms with van der Waals surface area (Å²) in [5.41, 5.74) is 1.02. The fraction of sp³-hybridized carbons (Fsp3) is 0.154. The lowest BCUT2D eigenvalue weighted by Crippen LogP contribution is -2.12. The summed E-state index contributed by atoms with van der Waals surface area (Å²) in [6.07, 6.45) is 1.66. The Kier molecular flexibility index (Phi) is 3.98. The Hall–Kier alpha value is -1.14. The molecule has 0 aliphatic carbocycles. The number of nitrogens with one attached hydrogen (secondary N) is 1. The lowest BCUT2D eigenvalue weighted by atomic mass is 10.4. The normalized spacial score (nSPS) is 11.0. The minimum absolute atomic E-state index is 0.728. The molecule has 0 unspecified atom stereocenters. The molecule has 0 spiro atoms. The third-order valence-corrected chi connectivity index (χ3v) is 4.86. The van der Waals surface area contributed by atoms with E-state index in [0.717, 1.165) is 39.5 Å². The van der Waals surface area contributed by atoms with Crippen LogP contribution in [-0.4, -0.2) is 4.98 Å². The molecule has 1 N–H and O–H groups in total. The van der Waals surface area contributed by atoms with Crippen LogP contribution in [0.4, 0.5) is 0 Å². The standard InChI is InChI=1S/C13H11ClN2OS2/c14-10-3-5-18-12(10)7-15-6-9-8-19-13(16-9)11-2-1-4-17-11/h1-5,8,15H,6-7H2. The maximum atomic E-state index is 6.04. The van der Waals surface area contributed by atoms with Gasteiger partial charge in [-0.1, -0.05) is 11.6 Å². The summed E-state index contributed by atoms with van der Waals surface area (Å²) in [7, 11) is 0. The van der Waals surface area contributed by atoms with E-state index in [1.54, 1.807) is 28.9 Å². The smallest absolute Gasteiger partial charge is 0.162 e. The van der Waals surface area contributed by atoms with Gasteiger partial charge in [0.2, 0.25) is 0 Å². The van der Waals surface area contributed by atoms with Crippen LogP contribution >= 0.6 is 34.3 Å². The van der Waals surface area contributed by atoms with Gasteiger partial charge >= 0.3 is 0 Å². The van der Waals surface area contributed by atoms with Crippen molar-refractivity contribution in [2.45, 2.75) is 13.1 Å². The molecule has 3 rings (SSSR count). The van der Waals surface area contributed by atoms with Crippen molar-refractivity contribution in [1.29, 1.82) is 0 Å². The van der Waals surface area contributed by atoms with Crippen LogP contribution in [0.3, 0.4) is 0 Å². The van der Waals surface area contributed by atoms with E-state index < -0.39 is 0 Å². The van der Waals surface area contributed by atoms with Crippen LogP contribution in [0, 0.1) is 0 Å². The van der Waals surface area contributed by atoms with Crippen LogP contribution in [-0.2, 0) is 13.1 Å². The van der Waals surface area contributed by atoms with Crippen LogP contribution < -0.4 is 5.32 Å². The highest BCUT2D eigenvalue weighted by Gasteiger charge is 2.07. The first kappa shape index (κ1) is 12.9. The number of thiazole rings is 1. The topological polar surface area (TPSA) is 38.1 Å². The molecule has 3 nitrogen and oxygen atoms in total. The van der Waals surface area contributed by atoms with Crippen LogP contribution in [0.2, 0.25) is 5.02 Å². The number of furan rings is 1. The molecule has 0 saturated heterocycles. The highest BCUT2D eigenvalue weighted by Crippen LogP contribution is 2.24. The van der Waals surface area contributed by atoms with Gasteiger partial charge in [0.05, 0.1) is 17.0 Å². The van der Waals surface area contributed by atoms with E-state index >= 15 is 0 Å². The lowest BCUT2D eigenvalue weighted by molar-refractivity contribution is 0.581. The number of thiophene rings is 1. The van der Waals surface area contributed by atoms with Crippen molar-refractivity contribution in [3.8, 4) is 10.8 Å². The van der Waals surface area contributed by atoms with Crippen molar-refractivity contribution >= 4 is 34.3 Å². The molecular weight excluding hydrogens is 300 g/mol. The van der Waals surface area contributed by atoms with Gasteiger partial charge in [-0.3, -0.25) is 0 Å². The van der Waals surface area contributed by atoms with E-state index in [2.05, 4.69) is 10.3 Å². The molecule has 0 radical (unpaired) electrons. The second kappa shape index (κ2) is 5.88. The molecular formula is C13H11ClN2OS2. The van der Waals surface area contributed by atoms with Gasteiger partial charge in [0.15, 0.2) is 10.8 Å². The van der Waals surface area contributed by atoms with Crippen molar-refractivity contribution in [3.63, 3.8) is 0 Å². The van der Waals surface area contributed by atoms with Gasteiger partial charge in [0, 0.05) is 23.3 Å². The first-order chi connectivity index (χ1) is 9.33. The van der Waals surface area contributed by atoms with Gasteiger partial charge in [-0.05, 0) is 23.6 Å². The monoisotopic (exact) mass is 310 g/mol. The zero-order valence-corrected chi connectivity index (χ0v) is 12.3. The molecule has 98 valence electrons. The average molecular weight is 311 g/mol. The van der Waals surface area contributed by atoms with Gasteiger partial charge in [-0.2, -0.15) is 0 Å². The first-order valence-electron chi connectivity index (χ1n) is 5.74. The summed E-state index contributed by atoms with van der Waals surface area (Å²) >= 11 is 9.29. The molecule has 6 heteroatoms. The van der Waals surface area contributed by atoms with Crippen molar-refractivity contribution in [2.75, 3.05) is 0 Å². The van der Waals surface area contributed by atoms with Crippen molar-refractivity contribution in [3.05, 3.63) is 50.8 Å². The van der Waals surface area contributed by atoms with E-state index in [1.807, 2.05) is 29.0 Å². The van der Waals surface area contributed by atoms with E-state index in [9.17, 15) is 0 Å². The molecule has 0 fully saturated rings. The van der Waals surface area contributed by atoms with Crippen LogP contribution in [0.25, 0.3) is 10.8 Å². The molecule has 0 bridgehead atoms. The summed E-state index contributed by atoms with van der Waals surface area (Å²) in [6.45, 7) is 1.50. The van der Waals surface area contributed by atoms with E-state index in [4.69, 9.17) is 16.0 Å². The predicted octanol–water partition coefficient (Wildman–Crippen LogP) is 4.41. The number of rotatable bonds is 5. The summed E-state index contributed by atoms with van der Waals surface area (Å²) in [5.74, 6) is 0.817. The molecule has 3 aromatic heterocycles. The molecule has 3 aromatic rings. The third kappa shape index (κ3) is 3.06. The highest BCUT2D eigenvalue weighted by molar-refractivity contribution is 7.13. The quantitative estimate of drug-likeness (QED) is 0.758. The molecule has 0 saturated carbocycles. The Morgan fingerprint density at radius 3 is 2.95 bits per heavy atom. The molecule has 0 aliphatic heterocycles. The van der Waals surface area contributed by atoms with Gasteiger partial charge in [0.25, 0.3) is 0 Å². The predicted molar refractivity (Wildman–Crippen MR) is 79.7 cm³/mol. The molecule has 0 aliphatic rings. The van der Waals surface area contributed by atoms with Crippen LogP contribution in [0.1, 0.15) is 10.6 Å². The maximum Gasteiger partial charge on any atom is 0.162 e. The Labute approximate surface area is 123 Å². The Morgan fingerprint density at radius 1 is 1.26 bits per heavy atom. The minimum atomic E-state index is 0.728. The SMILES string of the molecule is Clc1ccsc1CNCc1csc(-c2ccco2)n1. The summed E-state index contributed by atoms with van der Waals surface area (Å²) in [6, 6.07) is 5.70. The Balaban J connectivity index is 1.58. The number of nitrogens with zero attached hydrogens (tertiary/aromatic N) is 1. The third-order valence-electron chi connectivity index (χ3n) is 2.57. The van der Waals surface area contributed by atoms with Gasteiger partial charge in [-0.15, -0.1) is 22.7 Å². The lowest BCUT2D eigenvalue weighted by Gasteiger charge is -2.00. The summed E-state index contributed by atoms with van der Waals surface area (Å²) in [5, 5.41) is 9.12. The van der Waals surface area contributed by atoms with E-state index in [0.29, 0.717) is 0 Å². The average Bonchev–Trinajstić information content (AvgIpc) is 3.11. The Morgan fingerprint density at radius 2 is 2.21 bits per heavy atom. The maximum absolute atomic E-state index is 6.04. The number of halogens is 1. The van der Waals surface area contributed by atoms with Gasteiger partial charge in [-0.25, -0.2) is 4.98 Å². The highest BCUT2D eigenvalue weighted by atomic mass is 35.5. The molecule has 0 atom stereocenters. The molecule has 19 heavy (non-hydrogen) atoms. The summed E-state index contributed by atoms with van der Waals surface area (Å²) < 4.78 is 5.32. The number of hydrogen-bond acceptors (Lipinski definition) is 5. The summed E-state index contributed by atoms with van der Waals surface area (Å²) in [4.78, 5) is 5.68. The fourth-order valence-corrected chi connectivity index (χ4v) is 3.52. The van der Waals surface area contributed by atoms with Crippen molar-refractivity contribution in [1.82, 2.24) is 10.3 Å². The number of hydrogen-bond donors (Lipinski definition) is 1. The second-order valence-electron chi connectivity index (χ2n) is 3.92. The molecule has 0 aromatic carbocycles. The van der Waals surface area contributed by atoms with Crippen LogP contribution in [0.15, 0.2) is 39.6 Å². The van der Waals surface area contributed by atoms with E-state index in [1.165, 1.54) is 0 Å². The Bertz CT molecular complexity index is 645. The van der Waals surface area contributed by atoms with Crippen molar-refractivity contribution < 1.29 is 4.42 Å². The van der Waals surface area contributed by atoms with Gasteiger partial charge < -0.3 is 9.73 Å². The van der Waals surface area contributed by atoms with Crippen molar-refractivity contribution in [2.24, 2.45) is 0 Å². The first-order valence-corrected chi connectivity index (χ1v) is 7.87.